The normalized spacial score (nSPS) is 14.2. The third kappa shape index (κ3) is 2.72. The van der Waals surface area contributed by atoms with E-state index in [0.29, 0.717) is 6.07 Å². The van der Waals surface area contributed by atoms with E-state index < -0.39 is 33.7 Å². The highest BCUT2D eigenvalue weighted by Gasteiger charge is 2.36. The van der Waals surface area contributed by atoms with Crippen LogP contribution in [0.15, 0.2) is 12.1 Å². The van der Waals surface area contributed by atoms with Crippen LogP contribution in [0.5, 0.6) is 0 Å². The van der Waals surface area contributed by atoms with Crippen molar-refractivity contribution in [2.75, 3.05) is 12.4 Å². The maximum Gasteiger partial charge on any atom is 0.305 e. The summed E-state index contributed by atoms with van der Waals surface area (Å²) in [6, 6.07) is 1.32. The average molecular weight is 305 g/mol. The maximum atomic E-state index is 14.0. The minimum absolute atomic E-state index is 0.0979. The molecule has 0 atom stereocenters. The summed E-state index contributed by atoms with van der Waals surface area (Å²) in [6.45, 7) is 0.145. The van der Waals surface area contributed by atoms with Crippen LogP contribution in [0.4, 0.5) is 14.5 Å². The van der Waals surface area contributed by atoms with Crippen molar-refractivity contribution in [3.8, 4) is 0 Å². The van der Waals surface area contributed by atoms with Crippen molar-refractivity contribution in [2.45, 2.75) is 18.9 Å². The first-order valence-corrected chi connectivity index (χ1v) is 6.50. The molecule has 1 aliphatic carbocycles. The first-order chi connectivity index (χ1) is 9.47. The monoisotopic (exact) mass is 304 g/mol. The minimum atomic E-state index is -1.44. The first kappa shape index (κ1) is 14.6. The van der Waals surface area contributed by atoms with E-state index in [2.05, 4.69) is 0 Å². The zero-order chi connectivity index (χ0) is 14.9. The molecule has 20 heavy (non-hydrogen) atoms. The molecule has 2 rings (SSSR count). The van der Waals surface area contributed by atoms with Crippen LogP contribution in [0.25, 0.3) is 0 Å². The topological polar surface area (TPSA) is 63.4 Å². The number of nitrogens with zero attached hydrogens (tertiary/aromatic N) is 2. The number of benzene rings is 1. The van der Waals surface area contributed by atoms with E-state index in [0.717, 1.165) is 18.9 Å². The molecule has 0 aromatic heterocycles. The van der Waals surface area contributed by atoms with Crippen LogP contribution in [0.3, 0.4) is 0 Å². The Kier molecular flexibility index (Phi) is 4.17. The van der Waals surface area contributed by atoms with Crippen molar-refractivity contribution in [1.29, 1.82) is 0 Å². The molecule has 0 radical (unpaired) electrons. The maximum absolute atomic E-state index is 14.0. The van der Waals surface area contributed by atoms with Gasteiger partial charge in [-0.2, -0.15) is 4.39 Å². The fourth-order valence-corrected chi connectivity index (χ4v) is 2.13. The lowest BCUT2D eigenvalue weighted by atomic mass is 10.1. The molecule has 1 aromatic rings. The Bertz CT molecular complexity index is 564. The van der Waals surface area contributed by atoms with Gasteiger partial charge in [0.25, 0.3) is 5.91 Å². The molecule has 0 saturated heterocycles. The summed E-state index contributed by atoms with van der Waals surface area (Å²) < 4.78 is 27.6. The Morgan fingerprint density at radius 3 is 2.60 bits per heavy atom. The second-order valence-electron chi connectivity index (χ2n) is 4.43. The van der Waals surface area contributed by atoms with Gasteiger partial charge in [-0.25, -0.2) is 4.39 Å². The summed E-state index contributed by atoms with van der Waals surface area (Å²) in [5.74, 6) is -3.33. The van der Waals surface area contributed by atoms with Crippen LogP contribution in [0.2, 0.25) is 0 Å². The lowest BCUT2D eigenvalue weighted by Gasteiger charge is -2.21. The highest BCUT2D eigenvalue weighted by atomic mass is 35.5. The van der Waals surface area contributed by atoms with Crippen LogP contribution in [-0.4, -0.2) is 34.2 Å². The highest BCUT2D eigenvalue weighted by molar-refractivity contribution is 6.18. The first-order valence-electron chi connectivity index (χ1n) is 5.96. The lowest BCUT2D eigenvalue weighted by Crippen LogP contribution is -2.36. The van der Waals surface area contributed by atoms with Gasteiger partial charge < -0.3 is 4.90 Å². The van der Waals surface area contributed by atoms with E-state index in [1.165, 1.54) is 4.90 Å². The van der Waals surface area contributed by atoms with Crippen molar-refractivity contribution in [3.63, 3.8) is 0 Å². The molecule has 1 amide bonds. The summed E-state index contributed by atoms with van der Waals surface area (Å²) in [5.41, 5.74) is -1.81. The molecule has 0 bridgehead atoms. The number of alkyl halides is 1. The van der Waals surface area contributed by atoms with E-state index >= 15 is 0 Å². The van der Waals surface area contributed by atoms with Gasteiger partial charge in [-0.15, -0.1) is 11.6 Å². The van der Waals surface area contributed by atoms with Crippen LogP contribution in [-0.2, 0) is 0 Å². The SMILES string of the molecule is O=C(c1c(F)ccc([N+](=O)[O-])c1F)N(CCCl)C1CC1. The molecule has 5 nitrogen and oxygen atoms in total. The van der Waals surface area contributed by atoms with Gasteiger partial charge in [0.1, 0.15) is 11.4 Å². The number of amides is 1. The highest BCUT2D eigenvalue weighted by Crippen LogP contribution is 2.31. The summed E-state index contributed by atoms with van der Waals surface area (Å²) in [5, 5.41) is 10.6. The molecule has 108 valence electrons. The zero-order valence-electron chi connectivity index (χ0n) is 10.3. The summed E-state index contributed by atoms with van der Waals surface area (Å²) in [4.78, 5) is 23.1. The Hall–Kier alpha value is -1.76. The Morgan fingerprint density at radius 1 is 1.45 bits per heavy atom. The second kappa shape index (κ2) is 5.70. The Balaban J connectivity index is 2.42. The van der Waals surface area contributed by atoms with Crippen molar-refractivity contribution in [1.82, 2.24) is 4.90 Å². The number of nitro benzene ring substituents is 1. The molecule has 0 aliphatic heterocycles. The van der Waals surface area contributed by atoms with Gasteiger partial charge >= 0.3 is 5.69 Å². The van der Waals surface area contributed by atoms with Gasteiger partial charge in [-0.1, -0.05) is 0 Å². The predicted molar refractivity (Wildman–Crippen MR) is 67.8 cm³/mol. The number of carbonyl (C=O) groups excluding carboxylic acids is 1. The van der Waals surface area contributed by atoms with Crippen LogP contribution in [0.1, 0.15) is 23.2 Å². The fourth-order valence-electron chi connectivity index (χ4n) is 1.95. The van der Waals surface area contributed by atoms with Crippen molar-refractivity contribution in [3.05, 3.63) is 39.4 Å². The summed E-state index contributed by atoms with van der Waals surface area (Å²) in [6.07, 6.45) is 1.47. The number of nitro groups is 1. The molecular formula is C12H11ClF2N2O3. The van der Waals surface area contributed by atoms with Gasteiger partial charge in [0.2, 0.25) is 5.82 Å². The molecule has 1 aromatic carbocycles. The van der Waals surface area contributed by atoms with Crippen LogP contribution in [0, 0.1) is 21.7 Å². The minimum Gasteiger partial charge on any atom is -0.334 e. The number of hydrogen-bond donors (Lipinski definition) is 0. The van der Waals surface area contributed by atoms with Crippen molar-refractivity contribution >= 4 is 23.2 Å². The number of rotatable bonds is 5. The fraction of sp³-hybridized carbons (Fsp3) is 0.417. The summed E-state index contributed by atoms with van der Waals surface area (Å²) >= 11 is 5.57. The molecule has 0 unspecified atom stereocenters. The van der Waals surface area contributed by atoms with Crippen LogP contribution < -0.4 is 0 Å². The number of hydrogen-bond acceptors (Lipinski definition) is 3. The second-order valence-corrected chi connectivity index (χ2v) is 4.81. The third-order valence-electron chi connectivity index (χ3n) is 3.06. The quantitative estimate of drug-likeness (QED) is 0.477. The molecular weight excluding hydrogens is 294 g/mol. The summed E-state index contributed by atoms with van der Waals surface area (Å²) in [7, 11) is 0. The lowest BCUT2D eigenvalue weighted by molar-refractivity contribution is -0.387. The smallest absolute Gasteiger partial charge is 0.305 e. The molecule has 1 aliphatic rings. The Morgan fingerprint density at radius 2 is 2.10 bits per heavy atom. The van der Waals surface area contributed by atoms with Gasteiger partial charge in [-0.05, 0) is 18.9 Å². The van der Waals surface area contributed by atoms with Gasteiger partial charge in [0.15, 0.2) is 0 Å². The zero-order valence-corrected chi connectivity index (χ0v) is 11.1. The molecule has 1 saturated carbocycles. The van der Waals surface area contributed by atoms with Gasteiger partial charge in [0.05, 0.1) is 4.92 Å². The van der Waals surface area contributed by atoms with Gasteiger partial charge in [0, 0.05) is 24.5 Å². The van der Waals surface area contributed by atoms with E-state index in [1.54, 1.807) is 0 Å². The molecule has 0 spiro atoms. The van der Waals surface area contributed by atoms with E-state index in [1.807, 2.05) is 0 Å². The molecule has 0 N–H and O–H groups in total. The Labute approximate surface area is 118 Å². The van der Waals surface area contributed by atoms with Crippen molar-refractivity contribution < 1.29 is 18.5 Å². The molecule has 0 heterocycles. The van der Waals surface area contributed by atoms with Crippen molar-refractivity contribution in [2.24, 2.45) is 0 Å². The molecule has 1 fully saturated rings. The van der Waals surface area contributed by atoms with E-state index in [-0.39, 0.29) is 18.5 Å². The predicted octanol–water partition coefficient (Wildman–Crippen LogP) is 2.72. The van der Waals surface area contributed by atoms with E-state index in [4.69, 9.17) is 11.6 Å². The van der Waals surface area contributed by atoms with Gasteiger partial charge in [-0.3, -0.25) is 14.9 Å². The average Bonchev–Trinajstić information content (AvgIpc) is 3.19. The number of carbonyl (C=O) groups is 1. The van der Waals surface area contributed by atoms with Crippen LogP contribution >= 0.6 is 11.6 Å². The third-order valence-corrected chi connectivity index (χ3v) is 3.22. The number of halogens is 3. The standard InChI is InChI=1S/C12H11ClF2N2O3/c13-5-6-16(7-1-2-7)12(18)10-8(14)3-4-9(11(10)15)17(19)20/h3-4,7H,1-2,5-6H2. The largest absolute Gasteiger partial charge is 0.334 e. The molecule has 8 heteroatoms. The van der Waals surface area contributed by atoms with E-state index in [9.17, 15) is 23.7 Å².